The topological polar surface area (TPSA) is 86.9 Å². The second-order valence-electron chi connectivity index (χ2n) is 4.93. The lowest BCUT2D eigenvalue weighted by Crippen LogP contribution is -2.24. The molecule has 0 aliphatic heterocycles. The smallest absolute Gasteiger partial charge is 0.352 e. The van der Waals surface area contributed by atoms with Crippen molar-refractivity contribution in [2.75, 3.05) is 0 Å². The maximum atomic E-state index is 12.0. The molecule has 2 amide bonds. The van der Waals surface area contributed by atoms with Crippen LogP contribution in [0.25, 0.3) is 11.0 Å². The van der Waals surface area contributed by atoms with Gasteiger partial charge in [0.15, 0.2) is 0 Å². The van der Waals surface area contributed by atoms with Crippen LogP contribution < -0.4 is 10.6 Å². The molecule has 0 aliphatic rings. The van der Waals surface area contributed by atoms with Crippen LogP contribution in [0.1, 0.15) is 24.2 Å². The Balaban J connectivity index is 1.92. The van der Waals surface area contributed by atoms with Crippen molar-refractivity contribution in [3.63, 3.8) is 0 Å². The molecule has 0 saturated carbocycles. The molecule has 0 radical (unpaired) electrons. The Labute approximate surface area is 129 Å². The highest BCUT2D eigenvalue weighted by atomic mass is 19.4. The number of aromatic nitrogens is 2. The van der Waals surface area contributed by atoms with E-state index in [2.05, 4.69) is 20.6 Å². The molecule has 23 heavy (non-hydrogen) atoms. The molecule has 9 heteroatoms. The zero-order valence-corrected chi connectivity index (χ0v) is 12.0. The number of amides is 2. The molecule has 6 nitrogen and oxygen atoms in total. The highest BCUT2D eigenvalue weighted by molar-refractivity contribution is 5.77. The van der Waals surface area contributed by atoms with Crippen LogP contribution >= 0.6 is 0 Å². The summed E-state index contributed by atoms with van der Waals surface area (Å²) >= 11 is 0. The third-order valence-corrected chi connectivity index (χ3v) is 3.07. The number of rotatable bonds is 7. The second kappa shape index (κ2) is 7.12. The van der Waals surface area contributed by atoms with E-state index in [9.17, 15) is 22.8 Å². The first-order valence-electron chi connectivity index (χ1n) is 6.85. The second-order valence-corrected chi connectivity index (χ2v) is 4.93. The van der Waals surface area contributed by atoms with E-state index < -0.39 is 24.9 Å². The van der Waals surface area contributed by atoms with Crippen molar-refractivity contribution in [2.24, 2.45) is 0 Å². The number of nitrogens with one attached hydrogen (secondary N) is 3. The number of fused-ring (bicyclic) bond motifs is 1. The number of carbonyl (C=O) groups is 2. The quantitative estimate of drug-likeness (QED) is 0.677. The molecule has 2 aromatic rings. The number of benzene rings is 1. The van der Waals surface area contributed by atoms with Gasteiger partial charge in [0.1, 0.15) is 5.82 Å². The minimum Gasteiger partial charge on any atom is -0.352 e. The number of alkyl halides is 3. The molecule has 0 aliphatic carbocycles. The van der Waals surface area contributed by atoms with Crippen molar-refractivity contribution in [2.45, 2.75) is 32.1 Å². The van der Waals surface area contributed by atoms with E-state index in [1.54, 1.807) is 18.2 Å². The summed E-state index contributed by atoms with van der Waals surface area (Å²) in [4.78, 5) is 28.9. The molecule has 2 rings (SSSR count). The summed E-state index contributed by atoms with van der Waals surface area (Å²) in [7, 11) is 0. The molecular weight excluding hydrogens is 313 g/mol. The number of H-pyrrole nitrogens is 1. The van der Waals surface area contributed by atoms with Crippen molar-refractivity contribution in [1.29, 1.82) is 0 Å². The lowest BCUT2D eigenvalue weighted by Gasteiger charge is -2.07. The zero-order chi connectivity index (χ0) is 16.9. The first-order chi connectivity index (χ1) is 10.9. The minimum atomic E-state index is -4.34. The van der Waals surface area contributed by atoms with E-state index in [0.29, 0.717) is 17.8 Å². The van der Waals surface area contributed by atoms with Gasteiger partial charge in [-0.1, -0.05) is 6.07 Å². The number of halogens is 3. The molecule has 1 aromatic carbocycles. The third-order valence-electron chi connectivity index (χ3n) is 3.07. The van der Waals surface area contributed by atoms with Gasteiger partial charge >= 0.3 is 6.18 Å². The van der Waals surface area contributed by atoms with Crippen molar-refractivity contribution in [1.82, 2.24) is 20.6 Å². The summed E-state index contributed by atoms with van der Waals surface area (Å²) in [5.41, 5.74) is 2.14. The summed E-state index contributed by atoms with van der Waals surface area (Å²) in [6, 6.07) is 5.20. The van der Waals surface area contributed by atoms with Crippen LogP contribution in [0.15, 0.2) is 18.2 Å². The van der Waals surface area contributed by atoms with E-state index in [1.165, 1.54) is 0 Å². The highest BCUT2D eigenvalue weighted by Crippen LogP contribution is 2.21. The largest absolute Gasteiger partial charge is 0.389 e. The summed E-state index contributed by atoms with van der Waals surface area (Å²) in [5, 5.41) is 4.93. The van der Waals surface area contributed by atoms with E-state index in [-0.39, 0.29) is 13.1 Å². The fourth-order valence-electron chi connectivity index (χ4n) is 1.99. The monoisotopic (exact) mass is 328 g/mol. The van der Waals surface area contributed by atoms with Crippen LogP contribution in [-0.4, -0.2) is 28.5 Å². The summed E-state index contributed by atoms with van der Waals surface area (Å²) < 4.78 is 36.1. The summed E-state index contributed by atoms with van der Waals surface area (Å²) in [6.07, 6.45) is -5.49. The van der Waals surface area contributed by atoms with Gasteiger partial charge in [-0.2, -0.15) is 13.2 Å². The third kappa shape index (κ3) is 5.28. The molecule has 1 aromatic heterocycles. The van der Waals surface area contributed by atoms with Crippen LogP contribution in [0.2, 0.25) is 0 Å². The van der Waals surface area contributed by atoms with Gasteiger partial charge < -0.3 is 15.6 Å². The van der Waals surface area contributed by atoms with E-state index in [1.807, 2.05) is 0 Å². The number of hydrogen-bond acceptors (Lipinski definition) is 3. The van der Waals surface area contributed by atoms with Gasteiger partial charge in [0.05, 0.1) is 24.0 Å². The van der Waals surface area contributed by atoms with E-state index >= 15 is 0 Å². The number of nitrogens with zero attached hydrogens (tertiary/aromatic N) is 1. The lowest BCUT2D eigenvalue weighted by molar-refractivity contribution is -0.144. The van der Waals surface area contributed by atoms with E-state index in [4.69, 9.17) is 0 Å². The Morgan fingerprint density at radius 2 is 2.09 bits per heavy atom. The Morgan fingerprint density at radius 3 is 2.78 bits per heavy atom. The van der Waals surface area contributed by atoms with Crippen LogP contribution in [0.3, 0.4) is 0 Å². The maximum Gasteiger partial charge on any atom is 0.389 e. The molecule has 0 unspecified atom stereocenters. The Hall–Kier alpha value is -2.58. The van der Waals surface area contributed by atoms with Gasteiger partial charge in [-0.3, -0.25) is 9.59 Å². The van der Waals surface area contributed by atoms with Crippen molar-refractivity contribution < 1.29 is 22.8 Å². The van der Waals surface area contributed by atoms with Crippen LogP contribution in [0.5, 0.6) is 0 Å². The Kier molecular flexibility index (Phi) is 5.20. The molecule has 0 atom stereocenters. The Morgan fingerprint density at radius 1 is 1.30 bits per heavy atom. The lowest BCUT2D eigenvalue weighted by atomic mass is 10.2. The van der Waals surface area contributed by atoms with Gasteiger partial charge in [-0.25, -0.2) is 4.98 Å². The molecule has 0 fully saturated rings. The van der Waals surface area contributed by atoms with E-state index in [0.717, 1.165) is 11.1 Å². The highest BCUT2D eigenvalue weighted by Gasteiger charge is 2.27. The molecule has 1 heterocycles. The molecule has 0 bridgehead atoms. The van der Waals surface area contributed by atoms with Crippen LogP contribution in [0.4, 0.5) is 13.2 Å². The molecule has 0 spiro atoms. The average Bonchev–Trinajstić information content (AvgIpc) is 2.90. The fraction of sp³-hybridized carbons (Fsp3) is 0.357. The standard InChI is InChI=1S/C14H15F3N4O2/c15-14(16,17)4-3-13(23)19-6-9-1-2-10-11(5-9)21-12(20-10)7-18-8-22/h1-2,5,8H,3-4,6-7H2,(H,18,22)(H,19,23)(H,20,21). The Bertz CT molecular complexity index is 697. The number of imidazole rings is 1. The normalized spacial score (nSPS) is 11.4. The predicted molar refractivity (Wildman–Crippen MR) is 76.1 cm³/mol. The van der Waals surface area contributed by atoms with Gasteiger partial charge in [0.25, 0.3) is 0 Å². The summed E-state index contributed by atoms with van der Waals surface area (Å²) in [5.74, 6) is -0.0682. The van der Waals surface area contributed by atoms with Crippen LogP contribution in [-0.2, 0) is 22.7 Å². The van der Waals surface area contributed by atoms with Gasteiger partial charge in [0, 0.05) is 13.0 Å². The summed E-state index contributed by atoms with van der Waals surface area (Å²) in [6.45, 7) is 0.398. The predicted octanol–water partition coefficient (Wildman–Crippen LogP) is 1.77. The zero-order valence-electron chi connectivity index (χ0n) is 12.0. The number of aromatic amines is 1. The average molecular weight is 328 g/mol. The fourth-order valence-corrected chi connectivity index (χ4v) is 1.99. The molecule has 124 valence electrons. The van der Waals surface area contributed by atoms with Crippen molar-refractivity contribution in [3.05, 3.63) is 29.6 Å². The number of carbonyl (C=O) groups excluding carboxylic acids is 2. The van der Waals surface area contributed by atoms with Crippen LogP contribution in [0, 0.1) is 0 Å². The van der Waals surface area contributed by atoms with Crippen molar-refractivity contribution in [3.8, 4) is 0 Å². The molecule has 3 N–H and O–H groups in total. The van der Waals surface area contributed by atoms with Gasteiger partial charge in [-0.15, -0.1) is 0 Å². The van der Waals surface area contributed by atoms with Gasteiger partial charge in [-0.05, 0) is 17.7 Å². The molecular formula is C14H15F3N4O2. The first-order valence-corrected chi connectivity index (χ1v) is 6.85. The van der Waals surface area contributed by atoms with Gasteiger partial charge in [0.2, 0.25) is 12.3 Å². The molecule has 0 saturated heterocycles. The SMILES string of the molecule is O=CNCc1nc2ccc(CNC(=O)CCC(F)(F)F)cc2[nH]1. The first kappa shape index (κ1) is 16.8. The van der Waals surface area contributed by atoms with Crippen molar-refractivity contribution >= 4 is 23.4 Å². The number of hydrogen-bond donors (Lipinski definition) is 3. The minimum absolute atomic E-state index is 0.133. The maximum absolute atomic E-state index is 12.0.